The lowest BCUT2D eigenvalue weighted by Gasteiger charge is -2.22. The largest absolute Gasteiger partial charge is 0.481 e. The molecule has 0 amide bonds. The second-order valence-electron chi connectivity index (χ2n) is 4.32. The van der Waals surface area contributed by atoms with Gasteiger partial charge in [0.1, 0.15) is 0 Å². The van der Waals surface area contributed by atoms with Crippen molar-refractivity contribution < 1.29 is 18.3 Å². The predicted octanol–water partition coefficient (Wildman–Crippen LogP) is 1.31. The molecule has 0 bridgehead atoms. The number of carboxylic acids is 1. The van der Waals surface area contributed by atoms with Crippen LogP contribution in [0.2, 0.25) is 0 Å². The molecule has 1 heterocycles. The van der Waals surface area contributed by atoms with Crippen LogP contribution in [0.3, 0.4) is 0 Å². The first-order valence-corrected chi connectivity index (χ1v) is 7.24. The van der Waals surface area contributed by atoms with Crippen molar-refractivity contribution in [1.82, 2.24) is 4.31 Å². The molecule has 0 spiro atoms. The number of carbonyl (C=O) groups is 1. The highest BCUT2D eigenvalue weighted by atomic mass is 32.2. The maximum Gasteiger partial charge on any atom is 0.304 e. The predicted molar refractivity (Wildman–Crippen MR) is 65.6 cm³/mol. The van der Waals surface area contributed by atoms with E-state index in [4.69, 9.17) is 5.11 Å². The van der Waals surface area contributed by atoms with E-state index in [1.165, 1.54) is 16.4 Å². The molecular weight excluding hydrogens is 254 g/mol. The van der Waals surface area contributed by atoms with Crippen molar-refractivity contribution in [1.29, 1.82) is 0 Å². The molecule has 1 aliphatic rings. The Morgan fingerprint density at radius 3 is 2.61 bits per heavy atom. The van der Waals surface area contributed by atoms with Gasteiger partial charge in [-0.3, -0.25) is 4.79 Å². The molecule has 1 aliphatic heterocycles. The van der Waals surface area contributed by atoms with Gasteiger partial charge in [0.05, 0.1) is 11.3 Å². The standard InChI is InChI=1S/C12H15NO4S/c14-12(15)9-10-5-4-8-13(10)18(16,17)11-6-2-1-3-7-11/h1-3,6-7,10H,4-5,8-9H2,(H,14,15)/t10-/m1/s1. The molecule has 0 radical (unpaired) electrons. The molecule has 6 heteroatoms. The first-order chi connectivity index (χ1) is 8.51. The lowest BCUT2D eigenvalue weighted by Crippen LogP contribution is -2.36. The molecule has 1 aromatic carbocycles. The van der Waals surface area contributed by atoms with Crippen molar-refractivity contribution in [2.45, 2.75) is 30.2 Å². The van der Waals surface area contributed by atoms with E-state index in [1.807, 2.05) is 0 Å². The van der Waals surface area contributed by atoms with E-state index in [9.17, 15) is 13.2 Å². The summed E-state index contributed by atoms with van der Waals surface area (Å²) in [7, 11) is -3.56. The van der Waals surface area contributed by atoms with Crippen molar-refractivity contribution in [2.24, 2.45) is 0 Å². The first kappa shape index (κ1) is 13.0. The van der Waals surface area contributed by atoms with Crippen LogP contribution in [0.1, 0.15) is 19.3 Å². The minimum atomic E-state index is -3.56. The second-order valence-corrected chi connectivity index (χ2v) is 6.21. The Balaban J connectivity index is 2.27. The van der Waals surface area contributed by atoms with Crippen LogP contribution in [0, 0.1) is 0 Å². The first-order valence-electron chi connectivity index (χ1n) is 5.80. The number of hydrogen-bond donors (Lipinski definition) is 1. The molecule has 18 heavy (non-hydrogen) atoms. The van der Waals surface area contributed by atoms with Gasteiger partial charge in [-0.2, -0.15) is 4.31 Å². The lowest BCUT2D eigenvalue weighted by molar-refractivity contribution is -0.137. The molecule has 0 aromatic heterocycles. The van der Waals surface area contributed by atoms with Crippen molar-refractivity contribution in [3.63, 3.8) is 0 Å². The summed E-state index contributed by atoms with van der Waals surface area (Å²) in [6.45, 7) is 0.398. The zero-order chi connectivity index (χ0) is 13.2. The van der Waals surface area contributed by atoms with Gasteiger partial charge >= 0.3 is 5.97 Å². The summed E-state index contributed by atoms with van der Waals surface area (Å²) in [6, 6.07) is 7.71. The SMILES string of the molecule is O=C(O)C[C@H]1CCCN1S(=O)(=O)c1ccccc1. The molecule has 0 unspecified atom stereocenters. The quantitative estimate of drug-likeness (QED) is 0.894. The van der Waals surface area contributed by atoms with Crippen molar-refractivity contribution in [3.05, 3.63) is 30.3 Å². The van der Waals surface area contributed by atoms with Crippen LogP contribution >= 0.6 is 0 Å². The monoisotopic (exact) mass is 269 g/mol. The van der Waals surface area contributed by atoms with Crippen LogP contribution in [0.5, 0.6) is 0 Å². The van der Waals surface area contributed by atoms with Gasteiger partial charge in [-0.05, 0) is 25.0 Å². The Labute approximate surface area is 106 Å². The van der Waals surface area contributed by atoms with Gasteiger partial charge in [0, 0.05) is 12.6 Å². The van der Waals surface area contributed by atoms with Gasteiger partial charge in [0.15, 0.2) is 0 Å². The number of aliphatic carboxylic acids is 1. The molecule has 0 saturated carbocycles. The van der Waals surface area contributed by atoms with Crippen LogP contribution in [-0.2, 0) is 14.8 Å². The van der Waals surface area contributed by atoms with Crippen molar-refractivity contribution in [3.8, 4) is 0 Å². The van der Waals surface area contributed by atoms with Crippen molar-refractivity contribution >= 4 is 16.0 Å². The molecule has 1 fully saturated rings. The van der Waals surface area contributed by atoms with E-state index >= 15 is 0 Å². The van der Waals surface area contributed by atoms with E-state index in [-0.39, 0.29) is 11.3 Å². The highest BCUT2D eigenvalue weighted by Crippen LogP contribution is 2.27. The van der Waals surface area contributed by atoms with E-state index in [0.29, 0.717) is 19.4 Å². The summed E-state index contributed by atoms with van der Waals surface area (Å²) in [6.07, 6.45) is 1.19. The maximum absolute atomic E-state index is 12.4. The van der Waals surface area contributed by atoms with Gasteiger partial charge in [-0.25, -0.2) is 8.42 Å². The summed E-state index contributed by atoms with van der Waals surface area (Å²) in [5.41, 5.74) is 0. The summed E-state index contributed by atoms with van der Waals surface area (Å²) in [4.78, 5) is 11.0. The van der Waals surface area contributed by atoms with Gasteiger partial charge < -0.3 is 5.11 Å². The maximum atomic E-state index is 12.4. The summed E-state index contributed by atoms with van der Waals surface area (Å²) < 4.78 is 26.0. The topological polar surface area (TPSA) is 74.7 Å². The zero-order valence-corrected chi connectivity index (χ0v) is 10.6. The zero-order valence-electron chi connectivity index (χ0n) is 9.82. The van der Waals surface area contributed by atoms with Gasteiger partial charge in [-0.1, -0.05) is 18.2 Å². The number of rotatable bonds is 4. The third kappa shape index (κ3) is 2.54. The average Bonchev–Trinajstić information content (AvgIpc) is 2.78. The smallest absolute Gasteiger partial charge is 0.304 e. The normalized spacial score (nSPS) is 21.0. The molecule has 1 aromatic rings. The summed E-state index contributed by atoms with van der Waals surface area (Å²) >= 11 is 0. The fourth-order valence-corrected chi connectivity index (χ4v) is 3.97. The molecule has 0 aliphatic carbocycles. The molecule has 5 nitrogen and oxygen atoms in total. The Kier molecular flexibility index (Phi) is 3.68. The number of nitrogens with zero attached hydrogens (tertiary/aromatic N) is 1. The van der Waals surface area contributed by atoms with E-state index in [2.05, 4.69) is 0 Å². The third-order valence-electron chi connectivity index (χ3n) is 3.08. The van der Waals surface area contributed by atoms with Crippen LogP contribution in [0.4, 0.5) is 0 Å². The Hall–Kier alpha value is -1.40. The minimum Gasteiger partial charge on any atom is -0.481 e. The van der Waals surface area contributed by atoms with Crippen LogP contribution < -0.4 is 0 Å². The highest BCUT2D eigenvalue weighted by Gasteiger charge is 2.36. The van der Waals surface area contributed by atoms with Gasteiger partial charge in [0.2, 0.25) is 10.0 Å². The third-order valence-corrected chi connectivity index (χ3v) is 5.05. The van der Waals surface area contributed by atoms with Crippen molar-refractivity contribution in [2.75, 3.05) is 6.54 Å². The van der Waals surface area contributed by atoms with Crippen LogP contribution in [0.15, 0.2) is 35.2 Å². The molecule has 2 rings (SSSR count). The highest BCUT2D eigenvalue weighted by molar-refractivity contribution is 7.89. The fraction of sp³-hybridized carbons (Fsp3) is 0.417. The molecule has 1 saturated heterocycles. The van der Waals surface area contributed by atoms with Crippen LogP contribution in [0.25, 0.3) is 0 Å². The van der Waals surface area contributed by atoms with Gasteiger partial charge in [0.25, 0.3) is 0 Å². The lowest BCUT2D eigenvalue weighted by atomic mass is 10.2. The summed E-state index contributed by atoms with van der Waals surface area (Å²) in [5, 5.41) is 8.81. The fourth-order valence-electron chi connectivity index (χ4n) is 2.26. The molecule has 1 atom stereocenters. The molecule has 1 N–H and O–H groups in total. The van der Waals surface area contributed by atoms with Crippen LogP contribution in [-0.4, -0.2) is 36.4 Å². The Morgan fingerprint density at radius 1 is 1.33 bits per heavy atom. The number of benzene rings is 1. The average molecular weight is 269 g/mol. The Morgan fingerprint density at radius 2 is 2.00 bits per heavy atom. The second kappa shape index (κ2) is 5.07. The summed E-state index contributed by atoms with van der Waals surface area (Å²) in [5.74, 6) is -0.963. The van der Waals surface area contributed by atoms with E-state index in [1.54, 1.807) is 18.2 Å². The number of hydrogen-bond acceptors (Lipinski definition) is 3. The minimum absolute atomic E-state index is 0.133. The van der Waals surface area contributed by atoms with Gasteiger partial charge in [-0.15, -0.1) is 0 Å². The number of sulfonamides is 1. The molecular formula is C12H15NO4S. The molecule has 98 valence electrons. The number of carboxylic acid groups (broad SMARTS) is 1. The van der Waals surface area contributed by atoms with E-state index < -0.39 is 22.0 Å². The van der Waals surface area contributed by atoms with E-state index in [0.717, 1.165) is 0 Å². The Bertz CT molecular complexity index is 526.